The molecule has 42 heavy (non-hydrogen) atoms. The molecule has 4 heterocycles. The average Bonchev–Trinajstić information content (AvgIpc) is 3.60. The first-order chi connectivity index (χ1) is 20.1. The number of halogens is 5. The lowest BCUT2D eigenvalue weighted by molar-refractivity contribution is -0.137. The molecular formula is C29H30ClF4N5O2S. The summed E-state index contributed by atoms with van der Waals surface area (Å²) in [5, 5.41) is -0.364. The van der Waals surface area contributed by atoms with Crippen LogP contribution >= 0.6 is 22.9 Å². The predicted octanol–water partition coefficient (Wildman–Crippen LogP) is 6.19. The standard InChI is InChI=1S/C29H30ClF4N5O2S/c30-20-14-35-28(36-15-20)38-7-3-17(4-8-38)22-11-18(22)6-10-41-21-2-1-19(23(31)13-21)12-26(40)39-9-5-25-24(16-39)37-27(42-25)29(32,33)34/h1-2,13-15,17-18,22H,3-12,16H2/t18-,22?/m1/s1. The van der Waals surface area contributed by atoms with Crippen molar-refractivity contribution < 1.29 is 27.1 Å². The van der Waals surface area contributed by atoms with Gasteiger partial charge in [-0.05, 0) is 55.1 Å². The second kappa shape index (κ2) is 11.9. The summed E-state index contributed by atoms with van der Waals surface area (Å²) in [6, 6.07) is 4.50. The zero-order valence-corrected chi connectivity index (χ0v) is 24.3. The minimum Gasteiger partial charge on any atom is -0.493 e. The molecule has 7 nitrogen and oxygen atoms in total. The molecule has 1 aromatic carbocycles. The van der Waals surface area contributed by atoms with E-state index in [2.05, 4.69) is 19.9 Å². The largest absolute Gasteiger partial charge is 0.493 e. The summed E-state index contributed by atoms with van der Waals surface area (Å²) in [6.07, 6.45) is 3.20. The number of fused-ring (bicyclic) bond motifs is 1. The van der Waals surface area contributed by atoms with Crippen LogP contribution in [0.1, 0.15) is 46.8 Å². The molecule has 1 aliphatic carbocycles. The summed E-state index contributed by atoms with van der Waals surface area (Å²) < 4.78 is 59.6. The summed E-state index contributed by atoms with van der Waals surface area (Å²) in [5.74, 6) is 2.26. The average molecular weight is 624 g/mol. The van der Waals surface area contributed by atoms with E-state index in [4.69, 9.17) is 16.3 Å². The van der Waals surface area contributed by atoms with Gasteiger partial charge in [0.2, 0.25) is 11.9 Å². The number of anilines is 1. The maximum Gasteiger partial charge on any atom is 0.443 e. The van der Waals surface area contributed by atoms with Crippen molar-refractivity contribution in [3.63, 3.8) is 0 Å². The number of thiazole rings is 1. The van der Waals surface area contributed by atoms with E-state index in [-0.39, 0.29) is 36.7 Å². The maximum atomic E-state index is 14.8. The molecular weight excluding hydrogens is 594 g/mol. The lowest BCUT2D eigenvalue weighted by atomic mass is 9.90. The number of benzene rings is 1. The van der Waals surface area contributed by atoms with Gasteiger partial charge in [0, 0.05) is 37.0 Å². The molecule has 6 rings (SSSR count). The molecule has 3 aromatic rings. The van der Waals surface area contributed by atoms with Crippen molar-refractivity contribution >= 4 is 34.8 Å². The summed E-state index contributed by atoms with van der Waals surface area (Å²) >= 11 is 6.52. The van der Waals surface area contributed by atoms with E-state index in [0.29, 0.717) is 57.8 Å². The molecule has 2 aromatic heterocycles. The maximum absolute atomic E-state index is 14.8. The molecule has 224 valence electrons. The number of piperidine rings is 1. The van der Waals surface area contributed by atoms with Crippen LogP contribution < -0.4 is 9.64 Å². The fraction of sp³-hybridized carbons (Fsp3) is 0.517. The van der Waals surface area contributed by atoms with Gasteiger partial charge in [0.25, 0.3) is 0 Å². The number of nitrogens with zero attached hydrogens (tertiary/aromatic N) is 5. The van der Waals surface area contributed by atoms with E-state index in [1.807, 2.05) is 0 Å². The molecule has 0 bridgehead atoms. The zero-order chi connectivity index (χ0) is 29.4. The quantitative estimate of drug-likeness (QED) is 0.279. The highest BCUT2D eigenvalue weighted by Gasteiger charge is 2.43. The lowest BCUT2D eigenvalue weighted by Crippen LogP contribution is -2.36. The van der Waals surface area contributed by atoms with Gasteiger partial charge in [0.15, 0.2) is 5.01 Å². The highest BCUT2D eigenvalue weighted by molar-refractivity contribution is 7.11. The van der Waals surface area contributed by atoms with E-state index in [0.717, 1.165) is 38.3 Å². The van der Waals surface area contributed by atoms with Crippen molar-refractivity contribution in [2.24, 2.45) is 17.8 Å². The molecule has 1 saturated heterocycles. The van der Waals surface area contributed by atoms with Gasteiger partial charge in [-0.2, -0.15) is 13.2 Å². The Morgan fingerprint density at radius 1 is 1.14 bits per heavy atom. The number of hydrogen-bond donors (Lipinski definition) is 0. The molecule has 2 aliphatic heterocycles. The second-order valence-electron chi connectivity index (χ2n) is 11.2. The number of rotatable bonds is 8. The molecule has 3 aliphatic rings. The van der Waals surface area contributed by atoms with Crippen LogP contribution in [-0.2, 0) is 30.4 Å². The second-order valence-corrected chi connectivity index (χ2v) is 12.7. The molecule has 0 spiro atoms. The zero-order valence-electron chi connectivity index (χ0n) is 22.7. The Hall–Kier alpha value is -2.99. The Kier molecular flexibility index (Phi) is 8.28. The van der Waals surface area contributed by atoms with Crippen LogP contribution in [0.25, 0.3) is 0 Å². The normalized spacial score (nSPS) is 20.9. The topological polar surface area (TPSA) is 71.5 Å². The molecule has 2 atom stereocenters. The third-order valence-corrected chi connectivity index (χ3v) is 9.86. The minimum atomic E-state index is -4.50. The van der Waals surface area contributed by atoms with Crippen molar-refractivity contribution in [1.82, 2.24) is 19.9 Å². The first kappa shape index (κ1) is 29.1. The first-order valence-electron chi connectivity index (χ1n) is 14.1. The van der Waals surface area contributed by atoms with Crippen LogP contribution in [0, 0.1) is 23.6 Å². The molecule has 0 N–H and O–H groups in total. The Balaban J connectivity index is 0.929. The van der Waals surface area contributed by atoms with Gasteiger partial charge in [-0.1, -0.05) is 17.7 Å². The van der Waals surface area contributed by atoms with E-state index in [9.17, 15) is 22.4 Å². The third kappa shape index (κ3) is 6.64. The number of hydrogen-bond acceptors (Lipinski definition) is 7. The molecule has 0 radical (unpaired) electrons. The van der Waals surface area contributed by atoms with Crippen molar-refractivity contribution in [3.8, 4) is 5.75 Å². The van der Waals surface area contributed by atoms with E-state index >= 15 is 0 Å². The van der Waals surface area contributed by atoms with Crippen molar-refractivity contribution in [1.29, 1.82) is 0 Å². The van der Waals surface area contributed by atoms with E-state index in [1.54, 1.807) is 24.5 Å². The van der Waals surface area contributed by atoms with Gasteiger partial charge >= 0.3 is 6.18 Å². The van der Waals surface area contributed by atoms with E-state index in [1.165, 1.54) is 17.4 Å². The first-order valence-corrected chi connectivity index (χ1v) is 15.3. The molecule has 1 amide bonds. The Morgan fingerprint density at radius 2 is 1.90 bits per heavy atom. The highest BCUT2D eigenvalue weighted by atomic mass is 35.5. The third-order valence-electron chi connectivity index (χ3n) is 8.46. The van der Waals surface area contributed by atoms with Gasteiger partial charge in [0.1, 0.15) is 11.6 Å². The Labute approximate surface area is 249 Å². The fourth-order valence-electron chi connectivity index (χ4n) is 6.07. The van der Waals surface area contributed by atoms with Crippen LogP contribution in [0.15, 0.2) is 30.6 Å². The SMILES string of the molecule is O=C(Cc1ccc(OCC[C@@H]2CC2C2CCN(c3ncc(Cl)cn3)CC2)cc1F)N1CCc2sc(C(F)(F)F)nc2C1. The number of alkyl halides is 3. The lowest BCUT2D eigenvalue weighted by Gasteiger charge is -2.32. The number of carbonyl (C=O) groups is 1. The van der Waals surface area contributed by atoms with Gasteiger partial charge < -0.3 is 14.5 Å². The van der Waals surface area contributed by atoms with Gasteiger partial charge in [-0.25, -0.2) is 19.3 Å². The summed E-state index contributed by atoms with van der Waals surface area (Å²) in [4.78, 5) is 29.3. The molecule has 13 heteroatoms. The van der Waals surface area contributed by atoms with Crippen molar-refractivity contribution in [3.05, 3.63) is 62.6 Å². The van der Waals surface area contributed by atoms with Gasteiger partial charge in [-0.15, -0.1) is 11.3 Å². The van der Waals surface area contributed by atoms with Crippen LogP contribution in [-0.4, -0.2) is 52.0 Å². The number of ether oxygens (including phenoxy) is 1. The molecule has 1 unspecified atom stereocenters. The van der Waals surface area contributed by atoms with Crippen molar-refractivity contribution in [2.45, 2.75) is 51.2 Å². The van der Waals surface area contributed by atoms with Crippen LogP contribution in [0.4, 0.5) is 23.5 Å². The summed E-state index contributed by atoms with van der Waals surface area (Å²) in [5.41, 5.74) is 0.497. The summed E-state index contributed by atoms with van der Waals surface area (Å²) in [7, 11) is 0. The monoisotopic (exact) mass is 623 g/mol. The van der Waals surface area contributed by atoms with E-state index < -0.39 is 17.0 Å². The predicted molar refractivity (Wildman–Crippen MR) is 150 cm³/mol. The smallest absolute Gasteiger partial charge is 0.443 e. The van der Waals surface area contributed by atoms with Gasteiger partial charge in [-0.3, -0.25) is 4.79 Å². The highest BCUT2D eigenvalue weighted by Crippen LogP contribution is 2.50. The minimum absolute atomic E-state index is 0.00159. The molecule has 1 saturated carbocycles. The summed E-state index contributed by atoms with van der Waals surface area (Å²) in [6.45, 7) is 2.65. The Bertz CT molecular complexity index is 1430. The number of amides is 1. The van der Waals surface area contributed by atoms with Crippen molar-refractivity contribution in [2.75, 3.05) is 31.1 Å². The fourth-order valence-corrected chi connectivity index (χ4v) is 7.10. The number of aromatic nitrogens is 3. The van der Waals surface area contributed by atoms with Crippen LogP contribution in [0.3, 0.4) is 0 Å². The van der Waals surface area contributed by atoms with Crippen LogP contribution in [0.2, 0.25) is 5.02 Å². The number of carbonyl (C=O) groups excluding carboxylic acids is 1. The van der Waals surface area contributed by atoms with Crippen LogP contribution in [0.5, 0.6) is 5.75 Å². The molecule has 2 fully saturated rings. The Morgan fingerprint density at radius 3 is 2.62 bits per heavy atom. The van der Waals surface area contributed by atoms with Gasteiger partial charge in [0.05, 0.1) is 42.7 Å².